The molecule has 154 valence electrons. The molecule has 0 unspecified atom stereocenters. The molecule has 2 aromatic rings. The zero-order chi connectivity index (χ0) is 21.2. The number of carbonyl (C=O) groups is 2. The Morgan fingerprint density at radius 1 is 1.10 bits per heavy atom. The molecule has 0 saturated heterocycles. The van der Waals surface area contributed by atoms with Crippen LogP contribution >= 0.6 is 0 Å². The van der Waals surface area contributed by atoms with Gasteiger partial charge in [0.15, 0.2) is 0 Å². The number of hydrogen-bond donors (Lipinski definition) is 0. The van der Waals surface area contributed by atoms with Gasteiger partial charge in [-0.25, -0.2) is 13.2 Å². The number of nitrogens with zero attached hydrogens (tertiary/aromatic N) is 2. The van der Waals surface area contributed by atoms with E-state index in [0.29, 0.717) is 30.6 Å². The monoisotopic (exact) mass is 416 g/mol. The van der Waals surface area contributed by atoms with Crippen molar-refractivity contribution in [3.8, 4) is 0 Å². The summed E-state index contributed by atoms with van der Waals surface area (Å²) in [6.07, 6.45) is 1.45. The summed E-state index contributed by atoms with van der Waals surface area (Å²) in [5.41, 5.74) is 2.22. The van der Waals surface area contributed by atoms with Gasteiger partial charge in [0.25, 0.3) is 5.91 Å². The highest BCUT2D eigenvalue weighted by Gasteiger charge is 2.29. The number of esters is 1. The van der Waals surface area contributed by atoms with Crippen LogP contribution in [-0.2, 0) is 26.0 Å². The maximum absolute atomic E-state index is 12.8. The fraction of sp³-hybridized carbons (Fsp3) is 0.333. The van der Waals surface area contributed by atoms with Crippen LogP contribution in [0.15, 0.2) is 48.5 Å². The first-order valence-corrected chi connectivity index (χ1v) is 11.1. The summed E-state index contributed by atoms with van der Waals surface area (Å²) in [6.45, 7) is 0.420. The lowest BCUT2D eigenvalue weighted by atomic mass is 10.0. The molecule has 1 aliphatic heterocycles. The highest BCUT2D eigenvalue weighted by Crippen LogP contribution is 2.30. The van der Waals surface area contributed by atoms with E-state index in [4.69, 9.17) is 4.74 Å². The van der Waals surface area contributed by atoms with Gasteiger partial charge >= 0.3 is 5.97 Å². The molecule has 0 fully saturated rings. The largest absolute Gasteiger partial charge is 0.444 e. The summed E-state index contributed by atoms with van der Waals surface area (Å²) < 4.78 is 30.9. The fourth-order valence-corrected chi connectivity index (χ4v) is 4.33. The molecule has 0 bridgehead atoms. The molecule has 8 heteroatoms. The van der Waals surface area contributed by atoms with Crippen molar-refractivity contribution in [2.24, 2.45) is 0 Å². The van der Waals surface area contributed by atoms with Crippen LogP contribution in [0.4, 0.5) is 5.69 Å². The second kappa shape index (κ2) is 8.24. The molecule has 1 heterocycles. The van der Waals surface area contributed by atoms with Gasteiger partial charge in [0, 0.05) is 26.2 Å². The molecule has 7 nitrogen and oxygen atoms in total. The number of amides is 1. The summed E-state index contributed by atoms with van der Waals surface area (Å²) in [7, 11) is -0.177. The highest BCUT2D eigenvalue weighted by molar-refractivity contribution is 7.92. The normalized spacial score (nSPS) is 14.7. The van der Waals surface area contributed by atoms with Crippen molar-refractivity contribution >= 4 is 27.6 Å². The van der Waals surface area contributed by atoms with Gasteiger partial charge in [-0.05, 0) is 36.6 Å². The van der Waals surface area contributed by atoms with Crippen molar-refractivity contribution in [2.45, 2.75) is 18.9 Å². The zero-order valence-electron chi connectivity index (χ0n) is 16.7. The number of rotatable bonds is 5. The Bertz CT molecular complexity index is 1020. The summed E-state index contributed by atoms with van der Waals surface area (Å²) >= 11 is 0. The van der Waals surface area contributed by atoms with Crippen LogP contribution in [0.1, 0.15) is 34.0 Å². The Hall–Kier alpha value is -2.87. The van der Waals surface area contributed by atoms with Gasteiger partial charge in [-0.2, -0.15) is 0 Å². The van der Waals surface area contributed by atoms with E-state index in [2.05, 4.69) is 0 Å². The molecule has 1 amide bonds. The molecule has 29 heavy (non-hydrogen) atoms. The van der Waals surface area contributed by atoms with Crippen molar-refractivity contribution in [1.29, 1.82) is 0 Å². The van der Waals surface area contributed by atoms with Gasteiger partial charge in [0.1, 0.15) is 0 Å². The summed E-state index contributed by atoms with van der Waals surface area (Å²) in [5.74, 6) is -0.973. The highest BCUT2D eigenvalue weighted by atomic mass is 32.2. The first-order valence-electron chi connectivity index (χ1n) is 9.26. The molecule has 0 saturated carbocycles. The van der Waals surface area contributed by atoms with Gasteiger partial charge in [-0.15, -0.1) is 0 Å². The van der Waals surface area contributed by atoms with Crippen LogP contribution in [0.3, 0.4) is 0 Å². The fourth-order valence-electron chi connectivity index (χ4n) is 3.33. The number of hydrogen-bond acceptors (Lipinski definition) is 5. The number of fused-ring (bicyclic) bond motifs is 1. The molecule has 0 radical (unpaired) electrons. The topological polar surface area (TPSA) is 84.0 Å². The second-order valence-electron chi connectivity index (χ2n) is 7.21. The van der Waals surface area contributed by atoms with E-state index in [1.807, 2.05) is 6.07 Å². The van der Waals surface area contributed by atoms with E-state index < -0.39 is 22.1 Å². The van der Waals surface area contributed by atoms with Gasteiger partial charge in [-0.3, -0.25) is 9.10 Å². The Morgan fingerprint density at radius 3 is 2.41 bits per heavy atom. The van der Waals surface area contributed by atoms with Crippen LogP contribution < -0.4 is 4.31 Å². The number of aryl methyl sites for hydroxylation is 1. The maximum atomic E-state index is 12.8. The standard InChI is InChI=1S/C21H24N2O5S/c1-22(2)20(24)19(15-8-5-4-6-9-15)28-21(25)17-11-12-18-16(14-17)10-7-13-23(18)29(3,26)27/h4-6,8-9,11-12,14,19H,7,10,13H2,1-3H3/t19-/m1/s1. The van der Waals surface area contributed by atoms with Crippen molar-refractivity contribution < 1.29 is 22.7 Å². The molecule has 0 aromatic heterocycles. The molecule has 0 aliphatic carbocycles. The number of likely N-dealkylation sites (N-methyl/N-ethyl adjacent to an activating group) is 1. The average molecular weight is 416 g/mol. The summed E-state index contributed by atoms with van der Waals surface area (Å²) in [4.78, 5) is 26.7. The molecule has 0 N–H and O–H groups in total. The molecule has 0 spiro atoms. The number of ether oxygens (including phenoxy) is 1. The van der Waals surface area contributed by atoms with E-state index in [1.54, 1.807) is 50.5 Å². The van der Waals surface area contributed by atoms with Crippen LogP contribution in [0.25, 0.3) is 0 Å². The second-order valence-corrected chi connectivity index (χ2v) is 9.12. The lowest BCUT2D eigenvalue weighted by Gasteiger charge is -2.29. The Balaban J connectivity index is 1.89. The lowest BCUT2D eigenvalue weighted by Crippen LogP contribution is -2.34. The predicted molar refractivity (Wildman–Crippen MR) is 110 cm³/mol. The smallest absolute Gasteiger partial charge is 0.339 e. The molecule has 1 aliphatic rings. The quantitative estimate of drug-likeness (QED) is 0.699. The maximum Gasteiger partial charge on any atom is 0.339 e. The lowest BCUT2D eigenvalue weighted by molar-refractivity contribution is -0.138. The van der Waals surface area contributed by atoms with Crippen molar-refractivity contribution in [2.75, 3.05) is 31.2 Å². The minimum absolute atomic E-state index is 0.284. The number of benzene rings is 2. The van der Waals surface area contributed by atoms with Crippen LogP contribution in [0.2, 0.25) is 0 Å². The van der Waals surface area contributed by atoms with Crippen LogP contribution in [0.5, 0.6) is 0 Å². The van der Waals surface area contributed by atoms with Gasteiger partial charge < -0.3 is 9.64 Å². The van der Waals surface area contributed by atoms with Crippen molar-refractivity contribution in [3.05, 3.63) is 65.2 Å². The Labute approximate surface area is 170 Å². The van der Waals surface area contributed by atoms with E-state index in [9.17, 15) is 18.0 Å². The minimum Gasteiger partial charge on any atom is -0.444 e. The number of carbonyl (C=O) groups excluding carboxylic acids is 2. The van der Waals surface area contributed by atoms with E-state index >= 15 is 0 Å². The van der Waals surface area contributed by atoms with Crippen LogP contribution in [0, 0.1) is 0 Å². The molecule has 3 rings (SSSR count). The molecule has 1 atom stereocenters. The summed E-state index contributed by atoms with van der Waals surface area (Å²) in [6, 6.07) is 13.6. The summed E-state index contributed by atoms with van der Waals surface area (Å²) in [5, 5.41) is 0. The van der Waals surface area contributed by atoms with E-state index in [-0.39, 0.29) is 11.5 Å². The number of anilines is 1. The van der Waals surface area contributed by atoms with E-state index in [1.165, 1.54) is 21.5 Å². The Morgan fingerprint density at radius 2 is 1.79 bits per heavy atom. The SMILES string of the molecule is CN(C)C(=O)[C@H](OC(=O)c1ccc2c(c1)CCCN2S(C)(=O)=O)c1ccccc1. The Kier molecular flexibility index (Phi) is 5.93. The van der Waals surface area contributed by atoms with Gasteiger partial charge in [0.05, 0.1) is 17.5 Å². The number of sulfonamides is 1. The van der Waals surface area contributed by atoms with Gasteiger partial charge in [0.2, 0.25) is 16.1 Å². The minimum atomic E-state index is -3.38. The zero-order valence-corrected chi connectivity index (χ0v) is 17.5. The first-order chi connectivity index (χ1) is 13.7. The predicted octanol–water partition coefficient (Wildman–Crippen LogP) is 2.39. The van der Waals surface area contributed by atoms with Gasteiger partial charge in [-0.1, -0.05) is 30.3 Å². The third-order valence-electron chi connectivity index (χ3n) is 4.78. The molecular formula is C21H24N2O5S. The third kappa shape index (κ3) is 4.59. The third-order valence-corrected chi connectivity index (χ3v) is 5.96. The van der Waals surface area contributed by atoms with Crippen LogP contribution in [-0.4, -0.2) is 52.1 Å². The molecular weight excluding hydrogens is 392 g/mol. The first kappa shape index (κ1) is 20.9. The molecule has 2 aromatic carbocycles. The van der Waals surface area contributed by atoms with E-state index in [0.717, 1.165) is 5.56 Å². The van der Waals surface area contributed by atoms with Crippen molar-refractivity contribution in [3.63, 3.8) is 0 Å². The average Bonchev–Trinajstić information content (AvgIpc) is 2.70. The van der Waals surface area contributed by atoms with Crippen molar-refractivity contribution in [1.82, 2.24) is 4.90 Å².